The summed E-state index contributed by atoms with van der Waals surface area (Å²) in [7, 11) is 3.17. The largest absolute Gasteiger partial charge is 0.484 e. The molecule has 4 heterocycles. The Balaban J connectivity index is 1.35. The highest BCUT2D eigenvalue weighted by Crippen LogP contribution is 2.33. The zero-order valence-electron chi connectivity index (χ0n) is 21.3. The van der Waals surface area contributed by atoms with Crippen LogP contribution < -0.4 is 15.4 Å². The number of aryl methyl sites for hydroxylation is 1. The topological polar surface area (TPSA) is 134 Å². The lowest BCUT2D eigenvalue weighted by molar-refractivity contribution is 0.167. The molecule has 2 N–H and O–H groups in total. The van der Waals surface area contributed by atoms with Gasteiger partial charge in [0.05, 0.1) is 24.3 Å². The molecule has 0 saturated heterocycles. The van der Waals surface area contributed by atoms with E-state index in [0.717, 1.165) is 46.3 Å². The minimum absolute atomic E-state index is 0.148. The third-order valence-corrected chi connectivity index (χ3v) is 6.37. The molecule has 6 rings (SSSR count). The molecule has 1 aliphatic carbocycles. The van der Waals surface area contributed by atoms with Gasteiger partial charge in [-0.2, -0.15) is 10.2 Å². The van der Waals surface area contributed by atoms with Gasteiger partial charge in [0.2, 0.25) is 0 Å². The Morgan fingerprint density at radius 2 is 2.05 bits per heavy atom. The minimum Gasteiger partial charge on any atom is -0.484 e. The van der Waals surface area contributed by atoms with Gasteiger partial charge >= 0.3 is 6.09 Å². The van der Waals surface area contributed by atoms with Gasteiger partial charge in [0.15, 0.2) is 0 Å². The third-order valence-electron chi connectivity index (χ3n) is 6.37. The SMILES string of the molecule is COC(=O)NCn1nc(-c2cnn(C)c2)c2cc(O[C@H](C)c3nc(NC4CC4)cc4nccnc34)ccc21. The van der Waals surface area contributed by atoms with Crippen LogP contribution in [0.25, 0.3) is 33.2 Å². The second-order valence-electron chi connectivity index (χ2n) is 9.25. The molecule has 1 fully saturated rings. The number of benzene rings is 1. The summed E-state index contributed by atoms with van der Waals surface area (Å²) in [5.41, 5.74) is 4.59. The zero-order chi connectivity index (χ0) is 26.2. The minimum atomic E-state index is -0.536. The molecule has 1 atom stereocenters. The van der Waals surface area contributed by atoms with Crippen molar-refractivity contribution in [2.45, 2.75) is 38.6 Å². The summed E-state index contributed by atoms with van der Waals surface area (Å²) in [6.45, 7) is 2.10. The van der Waals surface area contributed by atoms with Crippen molar-refractivity contribution < 1.29 is 14.3 Å². The van der Waals surface area contributed by atoms with Crippen molar-refractivity contribution in [2.24, 2.45) is 7.05 Å². The van der Waals surface area contributed by atoms with Crippen molar-refractivity contribution in [1.29, 1.82) is 0 Å². The molecule has 1 saturated carbocycles. The zero-order valence-corrected chi connectivity index (χ0v) is 21.3. The Labute approximate surface area is 218 Å². The van der Waals surface area contributed by atoms with Gasteiger partial charge in [-0.15, -0.1) is 0 Å². The second kappa shape index (κ2) is 9.61. The van der Waals surface area contributed by atoms with E-state index in [1.165, 1.54) is 7.11 Å². The highest BCUT2D eigenvalue weighted by Gasteiger charge is 2.24. The van der Waals surface area contributed by atoms with Gasteiger partial charge in [-0.1, -0.05) is 0 Å². The summed E-state index contributed by atoms with van der Waals surface area (Å²) in [5, 5.41) is 16.0. The number of nitrogens with zero attached hydrogens (tertiary/aromatic N) is 7. The van der Waals surface area contributed by atoms with E-state index in [1.807, 2.05) is 44.4 Å². The van der Waals surface area contributed by atoms with Crippen LogP contribution in [0.2, 0.25) is 0 Å². The van der Waals surface area contributed by atoms with Crippen LogP contribution in [-0.2, 0) is 18.5 Å². The second-order valence-corrected chi connectivity index (χ2v) is 9.25. The highest BCUT2D eigenvalue weighted by molar-refractivity contribution is 5.94. The van der Waals surface area contributed by atoms with Gasteiger partial charge in [-0.25, -0.2) is 14.5 Å². The van der Waals surface area contributed by atoms with Crippen molar-refractivity contribution in [3.05, 3.63) is 54.7 Å². The lowest BCUT2D eigenvalue weighted by atomic mass is 10.1. The first-order valence-corrected chi connectivity index (χ1v) is 12.3. The molecule has 5 aromatic rings. The third kappa shape index (κ3) is 4.67. The van der Waals surface area contributed by atoms with Crippen molar-refractivity contribution in [2.75, 3.05) is 12.4 Å². The number of nitrogens with one attached hydrogen (secondary N) is 2. The van der Waals surface area contributed by atoms with Crippen LogP contribution in [0, 0.1) is 0 Å². The monoisotopic (exact) mass is 513 g/mol. The molecule has 12 nitrogen and oxygen atoms in total. The number of alkyl carbamates (subject to hydrolysis) is 1. The number of amides is 1. The fraction of sp³-hybridized carbons (Fsp3) is 0.308. The van der Waals surface area contributed by atoms with Crippen LogP contribution in [0.4, 0.5) is 10.6 Å². The first kappa shape index (κ1) is 23.6. The van der Waals surface area contributed by atoms with Gasteiger partial charge in [0.1, 0.15) is 41.2 Å². The van der Waals surface area contributed by atoms with Crippen LogP contribution >= 0.6 is 0 Å². The van der Waals surface area contributed by atoms with Gasteiger partial charge < -0.3 is 20.1 Å². The molecule has 0 bridgehead atoms. The maximum Gasteiger partial charge on any atom is 0.408 e. The van der Waals surface area contributed by atoms with Crippen LogP contribution in [0.3, 0.4) is 0 Å². The number of anilines is 1. The van der Waals surface area contributed by atoms with Crippen molar-refractivity contribution in [3.8, 4) is 17.0 Å². The van der Waals surface area contributed by atoms with Crippen LogP contribution in [0.15, 0.2) is 49.1 Å². The summed E-state index contributed by atoms with van der Waals surface area (Å²) in [4.78, 5) is 25.5. The number of carbonyl (C=O) groups excluding carboxylic acids is 1. The van der Waals surface area contributed by atoms with Crippen molar-refractivity contribution in [3.63, 3.8) is 0 Å². The summed E-state index contributed by atoms with van der Waals surface area (Å²) in [5.74, 6) is 1.43. The van der Waals surface area contributed by atoms with E-state index in [2.05, 4.69) is 25.7 Å². The molecule has 1 aromatic carbocycles. The predicted octanol–water partition coefficient (Wildman–Crippen LogP) is 3.80. The first-order valence-electron chi connectivity index (χ1n) is 12.3. The number of fused-ring (bicyclic) bond motifs is 2. The van der Waals surface area contributed by atoms with Gasteiger partial charge in [0, 0.05) is 48.7 Å². The standard InChI is InChI=1S/C26H27N9O3/c1-15(23-25-20(27-8-9-28-25)11-22(32-23)31-17-4-5-17)38-18-6-7-21-19(10-18)24(16-12-30-34(2)13-16)33-35(21)14-29-26(36)37-3/h6-13,15,17H,4-5,14H2,1-3H3,(H,29,36)(H,31,32)/t15-/m1/s1. The van der Waals surface area contributed by atoms with E-state index in [0.29, 0.717) is 23.0 Å². The molecule has 0 unspecified atom stereocenters. The molecular formula is C26H27N9O3. The maximum absolute atomic E-state index is 11.7. The number of hydrogen-bond acceptors (Lipinski definition) is 9. The van der Waals surface area contributed by atoms with Gasteiger partial charge in [-0.3, -0.25) is 14.6 Å². The first-order chi connectivity index (χ1) is 18.5. The number of hydrogen-bond donors (Lipinski definition) is 2. The van der Waals surface area contributed by atoms with E-state index < -0.39 is 12.2 Å². The molecule has 38 heavy (non-hydrogen) atoms. The smallest absolute Gasteiger partial charge is 0.408 e. The fourth-order valence-electron chi connectivity index (χ4n) is 4.37. The number of rotatable bonds is 8. The number of ether oxygens (including phenoxy) is 2. The molecule has 0 aliphatic heterocycles. The Morgan fingerprint density at radius 1 is 1.21 bits per heavy atom. The number of carbonyl (C=O) groups is 1. The summed E-state index contributed by atoms with van der Waals surface area (Å²) < 4.78 is 14.5. The molecular weight excluding hydrogens is 486 g/mol. The van der Waals surface area contributed by atoms with E-state index in [1.54, 1.807) is 28.0 Å². The van der Waals surface area contributed by atoms with Crippen LogP contribution in [0.1, 0.15) is 31.6 Å². The molecule has 0 spiro atoms. The lowest BCUT2D eigenvalue weighted by Crippen LogP contribution is -2.26. The summed E-state index contributed by atoms with van der Waals surface area (Å²) in [6, 6.07) is 8.12. The van der Waals surface area contributed by atoms with Crippen molar-refractivity contribution in [1.82, 2.24) is 39.8 Å². The summed E-state index contributed by atoms with van der Waals surface area (Å²) >= 11 is 0. The molecule has 194 valence electrons. The molecule has 4 aromatic heterocycles. The Hall–Kier alpha value is -4.74. The quantitative estimate of drug-likeness (QED) is 0.318. The fourth-order valence-corrected chi connectivity index (χ4v) is 4.37. The van der Waals surface area contributed by atoms with E-state index in [9.17, 15) is 4.79 Å². The van der Waals surface area contributed by atoms with E-state index in [-0.39, 0.29) is 6.67 Å². The molecule has 1 aliphatic rings. The average molecular weight is 514 g/mol. The number of methoxy groups -OCH3 is 1. The number of pyridine rings is 1. The molecule has 12 heteroatoms. The van der Waals surface area contributed by atoms with Crippen LogP contribution in [-0.4, -0.2) is 53.8 Å². The van der Waals surface area contributed by atoms with E-state index >= 15 is 0 Å². The van der Waals surface area contributed by atoms with Gasteiger partial charge in [0.25, 0.3) is 0 Å². The Morgan fingerprint density at radius 3 is 2.82 bits per heavy atom. The molecule has 0 radical (unpaired) electrons. The van der Waals surface area contributed by atoms with Gasteiger partial charge in [-0.05, 0) is 38.0 Å². The molecule has 1 amide bonds. The summed E-state index contributed by atoms with van der Waals surface area (Å²) in [6.07, 6.45) is 8.34. The van der Waals surface area contributed by atoms with Crippen LogP contribution in [0.5, 0.6) is 5.75 Å². The highest BCUT2D eigenvalue weighted by atomic mass is 16.5. The maximum atomic E-state index is 11.7. The normalized spacial score (nSPS) is 14.0. The number of aromatic nitrogens is 7. The average Bonchev–Trinajstić information content (AvgIpc) is 3.52. The van der Waals surface area contributed by atoms with Crippen molar-refractivity contribution >= 4 is 33.8 Å². The predicted molar refractivity (Wildman–Crippen MR) is 140 cm³/mol. The lowest BCUT2D eigenvalue weighted by Gasteiger charge is -2.17. The Kier molecular flexibility index (Phi) is 5.98. The van der Waals surface area contributed by atoms with E-state index in [4.69, 9.17) is 19.6 Å². The Bertz CT molecular complexity index is 1640.